The molecule has 5 rings (SSSR count). The lowest BCUT2D eigenvalue weighted by Gasteiger charge is -2.12. The fourth-order valence-electron chi connectivity index (χ4n) is 3.68. The number of ether oxygens (including phenoxy) is 1. The van der Waals surface area contributed by atoms with E-state index in [1.807, 2.05) is 43.3 Å². The van der Waals surface area contributed by atoms with Gasteiger partial charge in [0.1, 0.15) is 11.5 Å². The molecule has 0 atom stereocenters. The average Bonchev–Trinajstić information content (AvgIpc) is 2.84. The minimum Gasteiger partial charge on any atom is -0.508 e. The lowest BCUT2D eigenvalue weighted by atomic mass is 10.0. The Balaban J connectivity index is 1.62. The molecule has 1 aromatic heterocycles. The highest BCUT2D eigenvalue weighted by atomic mass is 16.5. The normalized spacial score (nSPS) is 10.8. The zero-order valence-electron chi connectivity index (χ0n) is 17.9. The Morgan fingerprint density at radius 2 is 1.42 bits per heavy atom. The van der Waals surface area contributed by atoms with Crippen LogP contribution < -0.4 is 4.74 Å². The van der Waals surface area contributed by atoms with Crippen LogP contribution >= 0.6 is 0 Å². The van der Waals surface area contributed by atoms with Gasteiger partial charge in [0.2, 0.25) is 0 Å². The van der Waals surface area contributed by atoms with Crippen molar-refractivity contribution in [3.05, 3.63) is 108 Å². The highest BCUT2D eigenvalue weighted by Crippen LogP contribution is 2.33. The van der Waals surface area contributed by atoms with E-state index in [0.717, 1.165) is 16.7 Å². The molecule has 0 amide bonds. The number of nitrogens with zero attached hydrogens (tertiary/aromatic N) is 2. The molecule has 0 aliphatic carbocycles. The van der Waals surface area contributed by atoms with Crippen LogP contribution in [0.1, 0.15) is 15.9 Å². The molecule has 0 saturated carbocycles. The minimum atomic E-state index is -0.429. The molecule has 4 aromatic carbocycles. The molecule has 0 radical (unpaired) electrons. The first-order chi connectivity index (χ1) is 16.1. The summed E-state index contributed by atoms with van der Waals surface area (Å²) in [6.45, 7) is 2.03. The van der Waals surface area contributed by atoms with Gasteiger partial charge in [0.05, 0.1) is 28.0 Å². The average molecular weight is 432 g/mol. The number of phenols is 1. The maximum atomic E-state index is 12.5. The zero-order valence-corrected chi connectivity index (χ0v) is 17.9. The molecule has 0 saturated heterocycles. The van der Waals surface area contributed by atoms with Crippen molar-refractivity contribution in [3.8, 4) is 34.0 Å². The lowest BCUT2D eigenvalue weighted by Crippen LogP contribution is -2.08. The van der Waals surface area contributed by atoms with Crippen LogP contribution in [0.15, 0.2) is 97.1 Å². The van der Waals surface area contributed by atoms with Gasteiger partial charge in [-0.15, -0.1) is 0 Å². The summed E-state index contributed by atoms with van der Waals surface area (Å²) in [6.07, 6.45) is 0. The molecule has 160 valence electrons. The van der Waals surface area contributed by atoms with Crippen LogP contribution in [0.4, 0.5) is 0 Å². The Morgan fingerprint density at radius 1 is 0.727 bits per heavy atom. The molecular formula is C28H20N2O3. The summed E-state index contributed by atoms with van der Waals surface area (Å²) in [5.41, 5.74) is 5.87. The second-order valence-corrected chi connectivity index (χ2v) is 7.75. The maximum absolute atomic E-state index is 12.5. The molecule has 1 heterocycles. The topological polar surface area (TPSA) is 72.3 Å². The van der Waals surface area contributed by atoms with E-state index in [2.05, 4.69) is 6.07 Å². The van der Waals surface area contributed by atoms with Gasteiger partial charge in [-0.1, -0.05) is 54.1 Å². The van der Waals surface area contributed by atoms with Crippen molar-refractivity contribution in [1.29, 1.82) is 0 Å². The van der Waals surface area contributed by atoms with Crippen molar-refractivity contribution in [3.63, 3.8) is 0 Å². The van der Waals surface area contributed by atoms with Crippen molar-refractivity contribution in [2.75, 3.05) is 0 Å². The fraction of sp³-hybridized carbons (Fsp3) is 0.0357. The first-order valence-electron chi connectivity index (χ1n) is 10.5. The van der Waals surface area contributed by atoms with Gasteiger partial charge in [-0.25, -0.2) is 14.8 Å². The van der Waals surface area contributed by atoms with Gasteiger partial charge in [0.25, 0.3) is 0 Å². The summed E-state index contributed by atoms with van der Waals surface area (Å²) >= 11 is 0. The van der Waals surface area contributed by atoms with E-state index >= 15 is 0 Å². The van der Waals surface area contributed by atoms with Crippen LogP contribution in [0.2, 0.25) is 0 Å². The van der Waals surface area contributed by atoms with Crippen LogP contribution in [0.25, 0.3) is 33.5 Å². The highest BCUT2D eigenvalue weighted by molar-refractivity contribution is 5.91. The molecular weight excluding hydrogens is 412 g/mol. The Labute approximate surface area is 191 Å². The fourth-order valence-corrected chi connectivity index (χ4v) is 3.68. The molecule has 0 fully saturated rings. The highest BCUT2D eigenvalue weighted by Gasteiger charge is 2.15. The van der Waals surface area contributed by atoms with Crippen molar-refractivity contribution in [2.45, 2.75) is 6.92 Å². The molecule has 5 heteroatoms. The Hall–Kier alpha value is -4.51. The number of rotatable bonds is 4. The van der Waals surface area contributed by atoms with Crippen molar-refractivity contribution < 1.29 is 14.6 Å². The number of phenolic OH excluding ortho intramolecular Hbond substituents is 1. The molecule has 1 N–H and O–H groups in total. The van der Waals surface area contributed by atoms with E-state index in [9.17, 15) is 9.90 Å². The van der Waals surface area contributed by atoms with Crippen LogP contribution in [-0.2, 0) is 0 Å². The van der Waals surface area contributed by atoms with E-state index < -0.39 is 5.97 Å². The van der Waals surface area contributed by atoms with E-state index in [-0.39, 0.29) is 5.75 Å². The zero-order chi connectivity index (χ0) is 22.8. The third-order valence-electron chi connectivity index (χ3n) is 5.27. The van der Waals surface area contributed by atoms with Gasteiger partial charge in [-0.2, -0.15) is 0 Å². The summed E-state index contributed by atoms with van der Waals surface area (Å²) < 4.78 is 5.61. The molecule has 0 aliphatic heterocycles. The summed E-state index contributed by atoms with van der Waals surface area (Å²) in [5, 5.41) is 9.94. The number of hydrogen-bond acceptors (Lipinski definition) is 5. The number of hydrogen-bond donors (Lipinski definition) is 1. The summed E-state index contributed by atoms with van der Waals surface area (Å²) in [7, 11) is 0. The first-order valence-corrected chi connectivity index (χ1v) is 10.5. The largest absolute Gasteiger partial charge is 0.508 e. The summed E-state index contributed by atoms with van der Waals surface area (Å²) in [6, 6.07) is 29.1. The SMILES string of the molecule is Cc1cccc(-c2nc3ccc(O)cc3nc2-c2cccc(OC(=O)c3ccccc3)c2)c1. The van der Waals surface area contributed by atoms with Crippen LogP contribution in [0.3, 0.4) is 0 Å². The minimum absolute atomic E-state index is 0.122. The predicted molar refractivity (Wildman–Crippen MR) is 128 cm³/mol. The number of aryl methyl sites for hydroxylation is 1. The molecule has 0 unspecified atom stereocenters. The Morgan fingerprint density at radius 3 is 2.18 bits per heavy atom. The van der Waals surface area contributed by atoms with Gasteiger partial charge in [-0.05, 0) is 49.4 Å². The van der Waals surface area contributed by atoms with Gasteiger partial charge in [0.15, 0.2) is 0 Å². The third-order valence-corrected chi connectivity index (χ3v) is 5.27. The van der Waals surface area contributed by atoms with Crippen molar-refractivity contribution in [1.82, 2.24) is 9.97 Å². The molecule has 5 aromatic rings. The van der Waals surface area contributed by atoms with Crippen molar-refractivity contribution >= 4 is 17.0 Å². The molecule has 33 heavy (non-hydrogen) atoms. The monoisotopic (exact) mass is 432 g/mol. The quantitative estimate of drug-likeness (QED) is 0.270. The maximum Gasteiger partial charge on any atom is 0.343 e. The number of carbonyl (C=O) groups excluding carboxylic acids is 1. The smallest absolute Gasteiger partial charge is 0.343 e. The van der Waals surface area contributed by atoms with E-state index in [1.165, 1.54) is 0 Å². The number of benzene rings is 4. The molecule has 0 aliphatic rings. The van der Waals surface area contributed by atoms with Crippen LogP contribution in [0.5, 0.6) is 11.5 Å². The second-order valence-electron chi connectivity index (χ2n) is 7.75. The predicted octanol–water partition coefficient (Wildman–Crippen LogP) is 6.20. The molecule has 5 nitrogen and oxygen atoms in total. The van der Waals surface area contributed by atoms with E-state index in [4.69, 9.17) is 14.7 Å². The summed E-state index contributed by atoms with van der Waals surface area (Å²) in [5.74, 6) is 0.104. The summed E-state index contributed by atoms with van der Waals surface area (Å²) in [4.78, 5) is 22.2. The third kappa shape index (κ3) is 4.29. The number of aromatic nitrogens is 2. The van der Waals surface area contributed by atoms with E-state index in [0.29, 0.717) is 33.7 Å². The number of esters is 1. The molecule has 0 bridgehead atoms. The lowest BCUT2D eigenvalue weighted by molar-refractivity contribution is 0.0735. The standard InChI is InChI=1S/C28H20N2O3/c1-18-7-5-10-20(15-18)26-27(30-25-17-22(31)13-14-24(25)29-26)21-11-6-12-23(16-21)33-28(32)19-8-3-2-4-9-19/h2-17,31H,1H3. The van der Waals surface area contributed by atoms with Gasteiger partial charge >= 0.3 is 5.97 Å². The van der Waals surface area contributed by atoms with E-state index in [1.54, 1.807) is 54.6 Å². The Bertz CT molecular complexity index is 1480. The van der Waals surface area contributed by atoms with Crippen LogP contribution in [-0.4, -0.2) is 21.0 Å². The number of carbonyl (C=O) groups is 1. The molecule has 0 spiro atoms. The van der Waals surface area contributed by atoms with Crippen LogP contribution in [0, 0.1) is 6.92 Å². The second kappa shape index (κ2) is 8.55. The first kappa shape index (κ1) is 20.4. The van der Waals surface area contributed by atoms with Crippen molar-refractivity contribution in [2.24, 2.45) is 0 Å². The number of aromatic hydroxyl groups is 1. The Kier molecular flexibility index (Phi) is 5.29. The van der Waals surface area contributed by atoms with Gasteiger partial charge in [0, 0.05) is 17.2 Å². The van der Waals surface area contributed by atoms with Gasteiger partial charge < -0.3 is 9.84 Å². The number of fused-ring (bicyclic) bond motifs is 1. The van der Waals surface area contributed by atoms with Gasteiger partial charge in [-0.3, -0.25) is 0 Å².